The molecule has 0 radical (unpaired) electrons. The maximum atomic E-state index is 13.1. The van der Waals surface area contributed by atoms with Crippen molar-refractivity contribution in [2.24, 2.45) is 4.99 Å². The third-order valence-electron chi connectivity index (χ3n) is 3.00. The first-order chi connectivity index (χ1) is 12.3. The first-order valence-corrected chi connectivity index (χ1v) is 8.17. The van der Waals surface area contributed by atoms with E-state index in [1.807, 2.05) is 0 Å². The number of halogens is 4. The van der Waals surface area contributed by atoms with E-state index in [4.69, 9.17) is 0 Å². The van der Waals surface area contributed by atoms with Gasteiger partial charge in [-0.2, -0.15) is 13.2 Å². The van der Waals surface area contributed by atoms with Crippen molar-refractivity contribution in [3.8, 4) is 0 Å². The van der Waals surface area contributed by atoms with Gasteiger partial charge in [-0.15, -0.1) is 11.3 Å². The number of thiazole rings is 1. The molecule has 0 bridgehead atoms. The molecular weight excluding hydrogens is 374 g/mol. The standard InChI is InChI=1S/C15H15F4N5OS/c1-20-14(22-7-13-24-11(8-26-13)15(17,18)19)21-6-12(25)23-10-4-2-3-9(16)5-10/h2-5,8H,6-7H2,1H3,(H,23,25)(H2,20,21,22). The minimum atomic E-state index is -4.48. The van der Waals surface area contributed by atoms with Gasteiger partial charge in [0.25, 0.3) is 0 Å². The van der Waals surface area contributed by atoms with Crippen LogP contribution < -0.4 is 16.0 Å². The number of nitrogens with one attached hydrogen (secondary N) is 3. The van der Waals surface area contributed by atoms with E-state index in [0.29, 0.717) is 5.69 Å². The van der Waals surface area contributed by atoms with Gasteiger partial charge in [0, 0.05) is 18.1 Å². The van der Waals surface area contributed by atoms with Crippen molar-refractivity contribution in [2.75, 3.05) is 18.9 Å². The molecule has 0 unspecified atom stereocenters. The molecule has 6 nitrogen and oxygen atoms in total. The maximum absolute atomic E-state index is 13.1. The average molecular weight is 389 g/mol. The molecule has 0 atom stereocenters. The molecule has 0 saturated carbocycles. The quantitative estimate of drug-likeness (QED) is 0.417. The van der Waals surface area contributed by atoms with Crippen LogP contribution in [0.3, 0.4) is 0 Å². The van der Waals surface area contributed by atoms with Gasteiger partial charge in [-0.3, -0.25) is 9.79 Å². The zero-order valence-electron chi connectivity index (χ0n) is 13.5. The number of aromatic nitrogens is 1. The number of nitrogens with zero attached hydrogens (tertiary/aromatic N) is 2. The molecule has 1 heterocycles. The van der Waals surface area contributed by atoms with Crippen LogP contribution in [0.1, 0.15) is 10.7 Å². The Bertz CT molecular complexity index is 790. The van der Waals surface area contributed by atoms with Crippen LogP contribution in [-0.4, -0.2) is 30.4 Å². The molecule has 1 amide bonds. The van der Waals surface area contributed by atoms with Crippen molar-refractivity contribution in [2.45, 2.75) is 12.7 Å². The summed E-state index contributed by atoms with van der Waals surface area (Å²) in [5.41, 5.74) is -0.640. The molecule has 1 aromatic heterocycles. The lowest BCUT2D eigenvalue weighted by atomic mass is 10.3. The number of benzene rings is 1. The van der Waals surface area contributed by atoms with Gasteiger partial charge in [0.05, 0.1) is 13.1 Å². The molecule has 2 rings (SSSR count). The molecule has 0 fully saturated rings. The molecule has 0 aliphatic carbocycles. The summed E-state index contributed by atoms with van der Waals surface area (Å²) < 4.78 is 50.6. The first-order valence-electron chi connectivity index (χ1n) is 7.29. The van der Waals surface area contributed by atoms with Crippen LogP contribution >= 0.6 is 11.3 Å². The molecule has 0 spiro atoms. The summed E-state index contributed by atoms with van der Waals surface area (Å²) in [7, 11) is 1.45. The third kappa shape index (κ3) is 5.99. The van der Waals surface area contributed by atoms with Crippen molar-refractivity contribution >= 4 is 28.9 Å². The molecule has 0 saturated heterocycles. The Hall–Kier alpha value is -2.69. The second kappa shape index (κ2) is 8.61. The Morgan fingerprint density at radius 1 is 1.31 bits per heavy atom. The number of aliphatic imine (C=N–C) groups is 1. The molecule has 0 aliphatic rings. The van der Waals surface area contributed by atoms with Crippen LogP contribution in [0.5, 0.6) is 0 Å². The molecule has 1 aromatic carbocycles. The van der Waals surface area contributed by atoms with Gasteiger partial charge >= 0.3 is 6.18 Å². The predicted octanol–water partition coefficient (Wildman–Crippen LogP) is 2.60. The zero-order chi connectivity index (χ0) is 19.2. The summed E-state index contributed by atoms with van der Waals surface area (Å²) >= 11 is 0.865. The van der Waals surface area contributed by atoms with E-state index < -0.39 is 23.6 Å². The third-order valence-corrected chi connectivity index (χ3v) is 3.85. The van der Waals surface area contributed by atoms with E-state index in [1.54, 1.807) is 0 Å². The normalized spacial score (nSPS) is 12.0. The van der Waals surface area contributed by atoms with Crippen molar-refractivity contribution in [1.29, 1.82) is 0 Å². The van der Waals surface area contributed by atoms with E-state index in [-0.39, 0.29) is 24.1 Å². The van der Waals surface area contributed by atoms with Crippen LogP contribution in [0.25, 0.3) is 0 Å². The minimum Gasteiger partial charge on any atom is -0.350 e. The maximum Gasteiger partial charge on any atom is 0.434 e. The van der Waals surface area contributed by atoms with Crippen LogP contribution in [0.2, 0.25) is 0 Å². The van der Waals surface area contributed by atoms with Crippen molar-refractivity contribution in [3.05, 3.63) is 46.2 Å². The molecule has 140 valence electrons. The number of alkyl halides is 3. The highest BCUT2D eigenvalue weighted by Gasteiger charge is 2.33. The largest absolute Gasteiger partial charge is 0.434 e. The van der Waals surface area contributed by atoms with Crippen molar-refractivity contribution < 1.29 is 22.4 Å². The van der Waals surface area contributed by atoms with Gasteiger partial charge in [-0.05, 0) is 18.2 Å². The van der Waals surface area contributed by atoms with Gasteiger partial charge in [0.1, 0.15) is 10.8 Å². The van der Waals surface area contributed by atoms with E-state index in [1.165, 1.54) is 31.3 Å². The van der Waals surface area contributed by atoms with Gasteiger partial charge in [0.2, 0.25) is 5.91 Å². The Morgan fingerprint density at radius 3 is 2.69 bits per heavy atom. The molecule has 0 aliphatic heterocycles. The zero-order valence-corrected chi connectivity index (χ0v) is 14.3. The van der Waals surface area contributed by atoms with Gasteiger partial charge in [0.15, 0.2) is 11.7 Å². The lowest BCUT2D eigenvalue weighted by Crippen LogP contribution is -2.41. The summed E-state index contributed by atoms with van der Waals surface area (Å²) in [6, 6.07) is 5.42. The van der Waals surface area contributed by atoms with Crippen LogP contribution in [0.15, 0.2) is 34.6 Å². The summed E-state index contributed by atoms with van der Waals surface area (Å²) in [5.74, 6) is -0.704. The highest BCUT2D eigenvalue weighted by Crippen LogP contribution is 2.29. The number of anilines is 1. The van der Waals surface area contributed by atoms with E-state index in [9.17, 15) is 22.4 Å². The van der Waals surface area contributed by atoms with Crippen LogP contribution in [0, 0.1) is 5.82 Å². The smallest absolute Gasteiger partial charge is 0.350 e. The second-order valence-electron chi connectivity index (χ2n) is 4.96. The molecule has 11 heteroatoms. The van der Waals surface area contributed by atoms with E-state index in [0.717, 1.165) is 16.7 Å². The van der Waals surface area contributed by atoms with E-state index in [2.05, 4.69) is 25.9 Å². The fourth-order valence-electron chi connectivity index (χ4n) is 1.84. The summed E-state index contributed by atoms with van der Waals surface area (Å²) in [4.78, 5) is 19.2. The first kappa shape index (κ1) is 19.6. The monoisotopic (exact) mass is 389 g/mol. The number of hydrogen-bond donors (Lipinski definition) is 3. The number of rotatable bonds is 5. The number of carbonyl (C=O) groups excluding carboxylic acids is 1. The Labute approximate surface area is 150 Å². The highest BCUT2D eigenvalue weighted by molar-refractivity contribution is 7.09. The van der Waals surface area contributed by atoms with Crippen molar-refractivity contribution in [1.82, 2.24) is 15.6 Å². The van der Waals surface area contributed by atoms with Crippen LogP contribution in [-0.2, 0) is 17.5 Å². The van der Waals surface area contributed by atoms with Crippen LogP contribution in [0.4, 0.5) is 23.2 Å². The predicted molar refractivity (Wildman–Crippen MR) is 90.3 cm³/mol. The lowest BCUT2D eigenvalue weighted by molar-refractivity contribution is -0.140. The van der Waals surface area contributed by atoms with Gasteiger partial charge in [-0.25, -0.2) is 9.37 Å². The highest BCUT2D eigenvalue weighted by atomic mass is 32.1. The van der Waals surface area contributed by atoms with Gasteiger partial charge < -0.3 is 16.0 Å². The van der Waals surface area contributed by atoms with Crippen molar-refractivity contribution in [3.63, 3.8) is 0 Å². The fourth-order valence-corrected chi connectivity index (χ4v) is 2.58. The number of carbonyl (C=O) groups is 1. The fraction of sp³-hybridized carbons (Fsp3) is 0.267. The summed E-state index contributed by atoms with van der Waals surface area (Å²) in [6.07, 6.45) is -4.48. The SMILES string of the molecule is CN=C(NCC(=O)Nc1cccc(F)c1)NCc1nc(C(F)(F)F)cs1. The molecule has 3 N–H and O–H groups in total. The van der Waals surface area contributed by atoms with E-state index >= 15 is 0 Å². The average Bonchev–Trinajstić information content (AvgIpc) is 3.04. The van der Waals surface area contributed by atoms with Gasteiger partial charge in [-0.1, -0.05) is 6.07 Å². The lowest BCUT2D eigenvalue weighted by Gasteiger charge is -2.11. The molecule has 26 heavy (non-hydrogen) atoms. The summed E-state index contributed by atoms with van der Waals surface area (Å²) in [5, 5.41) is 9.11. The topological polar surface area (TPSA) is 78.4 Å². The molecule has 2 aromatic rings. The Balaban J connectivity index is 1.80. The number of amides is 1. The Morgan fingerprint density at radius 2 is 2.08 bits per heavy atom. The minimum absolute atomic E-state index is 0.0198. The Kier molecular flexibility index (Phi) is 6.50. The second-order valence-corrected chi connectivity index (χ2v) is 5.90. The summed E-state index contributed by atoms with van der Waals surface area (Å²) in [6.45, 7) is -0.145. The number of guanidine groups is 1. The molecular formula is C15H15F4N5OS. The number of hydrogen-bond acceptors (Lipinski definition) is 4.